The fourth-order valence-electron chi connectivity index (χ4n) is 6.83. The Hall–Kier alpha value is -0.850. The Labute approximate surface area is 166 Å². The van der Waals surface area contributed by atoms with Gasteiger partial charge in [-0.1, -0.05) is 45.2 Å². The van der Waals surface area contributed by atoms with E-state index in [1.807, 2.05) is 19.1 Å². The van der Waals surface area contributed by atoms with E-state index in [1.165, 1.54) is 76.2 Å². The van der Waals surface area contributed by atoms with Gasteiger partial charge in [-0.2, -0.15) is 0 Å². The third kappa shape index (κ3) is 4.28. The monoisotopic (exact) mass is 370 g/mol. The number of hydrogen-bond donors (Lipinski definition) is 0. The fourth-order valence-corrected chi connectivity index (χ4v) is 6.83. The van der Waals surface area contributed by atoms with Crippen molar-refractivity contribution in [1.82, 2.24) is 0 Å². The normalized spacial score (nSPS) is 37.0. The number of fused-ring (bicyclic) bond motifs is 1. The van der Waals surface area contributed by atoms with E-state index in [1.54, 1.807) is 0 Å². The standard InChI is InChI=1S/C26H39F/c1-3-18-5-7-20(8-6-18)21-11-12-23-16-24(14-13-22(23)15-21)25-10-9-19(4-2)26(27)17-25/h9-10,17-18,20-24H,3-8,11-16H2,1-2H3. The first kappa shape index (κ1) is 19.5. The number of hydrogen-bond acceptors (Lipinski definition) is 0. The van der Waals surface area contributed by atoms with Crippen molar-refractivity contribution in [2.75, 3.05) is 0 Å². The SMILES string of the molecule is CCc1ccc(C2CCC3CC(C4CCC(CC)CC4)CCC3C2)cc1F. The lowest BCUT2D eigenvalue weighted by atomic mass is 9.60. The van der Waals surface area contributed by atoms with Crippen LogP contribution >= 0.6 is 0 Å². The third-order valence-corrected chi connectivity index (χ3v) is 8.72. The summed E-state index contributed by atoms with van der Waals surface area (Å²) in [5.41, 5.74) is 2.13. The lowest BCUT2D eigenvalue weighted by Crippen LogP contribution is -2.34. The third-order valence-electron chi connectivity index (χ3n) is 8.72. The summed E-state index contributed by atoms with van der Waals surface area (Å²) in [6.07, 6.45) is 16.6. The molecule has 27 heavy (non-hydrogen) atoms. The molecule has 0 nitrogen and oxygen atoms in total. The molecule has 1 aromatic rings. The Balaban J connectivity index is 1.33. The van der Waals surface area contributed by atoms with Crippen LogP contribution in [0.5, 0.6) is 0 Å². The van der Waals surface area contributed by atoms with Crippen LogP contribution in [0.25, 0.3) is 0 Å². The first-order valence-corrected chi connectivity index (χ1v) is 12.0. The zero-order chi connectivity index (χ0) is 18.8. The molecule has 0 saturated heterocycles. The van der Waals surface area contributed by atoms with Crippen LogP contribution in [-0.4, -0.2) is 0 Å². The van der Waals surface area contributed by atoms with Gasteiger partial charge in [-0.15, -0.1) is 0 Å². The summed E-state index contributed by atoms with van der Waals surface area (Å²) in [5.74, 6) is 5.55. The van der Waals surface area contributed by atoms with Crippen LogP contribution in [0.1, 0.15) is 102 Å². The highest BCUT2D eigenvalue weighted by atomic mass is 19.1. The second-order valence-electron chi connectivity index (χ2n) is 10.00. The van der Waals surface area contributed by atoms with E-state index < -0.39 is 0 Å². The minimum atomic E-state index is 0.0171. The van der Waals surface area contributed by atoms with Crippen molar-refractivity contribution in [3.05, 3.63) is 35.1 Å². The Morgan fingerprint density at radius 2 is 1.41 bits per heavy atom. The lowest BCUT2D eigenvalue weighted by molar-refractivity contribution is 0.0716. The van der Waals surface area contributed by atoms with E-state index in [0.717, 1.165) is 41.6 Å². The van der Waals surface area contributed by atoms with Gasteiger partial charge >= 0.3 is 0 Å². The second-order valence-corrected chi connectivity index (χ2v) is 10.00. The summed E-state index contributed by atoms with van der Waals surface area (Å²) < 4.78 is 14.2. The van der Waals surface area contributed by atoms with Crippen molar-refractivity contribution in [1.29, 1.82) is 0 Å². The molecule has 4 unspecified atom stereocenters. The van der Waals surface area contributed by atoms with Crippen LogP contribution in [0.15, 0.2) is 18.2 Å². The summed E-state index contributed by atoms with van der Waals surface area (Å²) in [5, 5.41) is 0. The average molecular weight is 371 g/mol. The van der Waals surface area contributed by atoms with Crippen LogP contribution in [-0.2, 0) is 6.42 Å². The molecule has 4 rings (SSSR count). The van der Waals surface area contributed by atoms with Gasteiger partial charge in [0.1, 0.15) is 5.82 Å². The number of aryl methyl sites for hydroxylation is 1. The maximum Gasteiger partial charge on any atom is 0.126 e. The van der Waals surface area contributed by atoms with Gasteiger partial charge in [0.15, 0.2) is 0 Å². The van der Waals surface area contributed by atoms with E-state index >= 15 is 0 Å². The van der Waals surface area contributed by atoms with Crippen LogP contribution in [0, 0.1) is 35.4 Å². The zero-order valence-corrected chi connectivity index (χ0v) is 17.6. The van der Waals surface area contributed by atoms with Gasteiger partial charge < -0.3 is 0 Å². The highest BCUT2D eigenvalue weighted by Gasteiger charge is 2.39. The Kier molecular flexibility index (Phi) is 6.25. The quantitative estimate of drug-likeness (QED) is 0.505. The maximum atomic E-state index is 14.2. The van der Waals surface area contributed by atoms with E-state index in [9.17, 15) is 4.39 Å². The van der Waals surface area contributed by atoms with Crippen molar-refractivity contribution in [2.24, 2.45) is 29.6 Å². The van der Waals surface area contributed by atoms with Crippen molar-refractivity contribution in [2.45, 2.75) is 96.8 Å². The first-order chi connectivity index (χ1) is 13.2. The molecule has 150 valence electrons. The van der Waals surface area contributed by atoms with E-state index in [0.29, 0.717) is 5.92 Å². The molecule has 0 aliphatic heterocycles. The summed E-state index contributed by atoms with van der Waals surface area (Å²) >= 11 is 0. The molecule has 3 aliphatic rings. The lowest BCUT2D eigenvalue weighted by Gasteiger charge is -2.45. The minimum Gasteiger partial charge on any atom is -0.207 e. The molecule has 0 heterocycles. The van der Waals surface area contributed by atoms with Gasteiger partial charge in [-0.25, -0.2) is 4.39 Å². The topological polar surface area (TPSA) is 0 Å². The number of benzene rings is 1. The minimum absolute atomic E-state index is 0.0171. The van der Waals surface area contributed by atoms with Gasteiger partial charge in [0.2, 0.25) is 0 Å². The molecule has 0 spiro atoms. The summed E-state index contributed by atoms with van der Waals surface area (Å²) in [4.78, 5) is 0. The smallest absolute Gasteiger partial charge is 0.126 e. The number of halogens is 1. The Morgan fingerprint density at radius 3 is 2.07 bits per heavy atom. The van der Waals surface area contributed by atoms with Crippen molar-refractivity contribution < 1.29 is 4.39 Å². The van der Waals surface area contributed by atoms with Gasteiger partial charge in [0, 0.05) is 0 Å². The summed E-state index contributed by atoms with van der Waals surface area (Å²) in [6, 6.07) is 6.09. The maximum absolute atomic E-state index is 14.2. The molecule has 0 aromatic heterocycles. The van der Waals surface area contributed by atoms with E-state index in [-0.39, 0.29) is 5.82 Å². The zero-order valence-electron chi connectivity index (χ0n) is 17.6. The van der Waals surface area contributed by atoms with Gasteiger partial charge in [0.25, 0.3) is 0 Å². The predicted molar refractivity (Wildman–Crippen MR) is 112 cm³/mol. The van der Waals surface area contributed by atoms with Gasteiger partial charge in [-0.05, 0) is 110 Å². The first-order valence-electron chi connectivity index (χ1n) is 12.0. The van der Waals surface area contributed by atoms with Crippen molar-refractivity contribution in [3.8, 4) is 0 Å². The molecule has 0 N–H and O–H groups in total. The summed E-state index contributed by atoms with van der Waals surface area (Å²) in [6.45, 7) is 4.41. The van der Waals surface area contributed by atoms with Crippen molar-refractivity contribution in [3.63, 3.8) is 0 Å². The van der Waals surface area contributed by atoms with Gasteiger partial charge in [0.05, 0.1) is 0 Å². The largest absolute Gasteiger partial charge is 0.207 e. The molecule has 3 fully saturated rings. The molecule has 1 aromatic carbocycles. The molecule has 0 amide bonds. The highest BCUT2D eigenvalue weighted by molar-refractivity contribution is 5.27. The van der Waals surface area contributed by atoms with E-state index in [4.69, 9.17) is 0 Å². The molecule has 3 aliphatic carbocycles. The second kappa shape index (κ2) is 8.66. The molecule has 1 heteroatoms. The average Bonchev–Trinajstić information content (AvgIpc) is 2.73. The van der Waals surface area contributed by atoms with Gasteiger partial charge in [-0.3, -0.25) is 0 Å². The number of rotatable bonds is 4. The summed E-state index contributed by atoms with van der Waals surface area (Å²) in [7, 11) is 0. The van der Waals surface area contributed by atoms with Crippen LogP contribution < -0.4 is 0 Å². The van der Waals surface area contributed by atoms with Crippen LogP contribution in [0.3, 0.4) is 0 Å². The van der Waals surface area contributed by atoms with Crippen molar-refractivity contribution >= 4 is 0 Å². The molecule has 3 saturated carbocycles. The molecule has 0 radical (unpaired) electrons. The highest BCUT2D eigenvalue weighted by Crippen LogP contribution is 2.51. The Bertz CT molecular complexity index is 613. The molecular weight excluding hydrogens is 331 g/mol. The van der Waals surface area contributed by atoms with Crippen LogP contribution in [0.2, 0.25) is 0 Å². The molecule has 4 atom stereocenters. The fraction of sp³-hybridized carbons (Fsp3) is 0.769. The molecular formula is C26H39F. The predicted octanol–water partition coefficient (Wildman–Crippen LogP) is 7.90. The van der Waals surface area contributed by atoms with Crippen LogP contribution in [0.4, 0.5) is 4.39 Å². The molecule has 0 bridgehead atoms. The Morgan fingerprint density at radius 1 is 0.778 bits per heavy atom. The van der Waals surface area contributed by atoms with E-state index in [2.05, 4.69) is 13.0 Å².